The lowest BCUT2D eigenvalue weighted by molar-refractivity contribution is -0.121. The van der Waals surface area contributed by atoms with Crippen molar-refractivity contribution in [3.05, 3.63) is 66.0 Å². The fourth-order valence-electron chi connectivity index (χ4n) is 3.72. The van der Waals surface area contributed by atoms with Crippen LogP contribution in [0.5, 0.6) is 0 Å². The lowest BCUT2D eigenvalue weighted by Crippen LogP contribution is -2.48. The summed E-state index contributed by atoms with van der Waals surface area (Å²) in [5.74, 6) is 1.00. The highest BCUT2D eigenvalue weighted by atomic mass is 16.1. The van der Waals surface area contributed by atoms with Gasteiger partial charge in [0, 0.05) is 43.2 Å². The molecule has 6 heteroatoms. The highest BCUT2D eigenvalue weighted by molar-refractivity contribution is 5.79. The summed E-state index contributed by atoms with van der Waals surface area (Å²) in [6.45, 7) is 3.77. The van der Waals surface area contributed by atoms with Gasteiger partial charge in [-0.15, -0.1) is 0 Å². The number of piperidine rings is 1. The van der Waals surface area contributed by atoms with Crippen molar-refractivity contribution in [2.45, 2.75) is 32.2 Å². The Hall–Kier alpha value is -3.15. The minimum absolute atomic E-state index is 0.0839. The first-order valence-corrected chi connectivity index (χ1v) is 9.73. The predicted molar refractivity (Wildman–Crippen MR) is 110 cm³/mol. The Kier molecular flexibility index (Phi) is 5.37. The molecular formula is C22H25N5O. The number of pyridine rings is 1. The summed E-state index contributed by atoms with van der Waals surface area (Å²) in [4.78, 5) is 18.8. The van der Waals surface area contributed by atoms with E-state index < -0.39 is 0 Å². The Morgan fingerprint density at radius 1 is 1.25 bits per heavy atom. The molecule has 6 nitrogen and oxygen atoms in total. The summed E-state index contributed by atoms with van der Waals surface area (Å²) in [5, 5.41) is 10.8. The van der Waals surface area contributed by atoms with Gasteiger partial charge in [-0.25, -0.2) is 0 Å². The number of aromatic nitrogens is 3. The molecule has 2 N–H and O–H groups in total. The number of benzene rings is 1. The van der Waals surface area contributed by atoms with E-state index in [-0.39, 0.29) is 11.9 Å². The molecular weight excluding hydrogens is 350 g/mol. The van der Waals surface area contributed by atoms with Crippen LogP contribution in [0, 0.1) is 6.92 Å². The quantitative estimate of drug-likeness (QED) is 0.719. The van der Waals surface area contributed by atoms with Crippen LogP contribution in [-0.4, -0.2) is 40.2 Å². The molecule has 0 bridgehead atoms. The third-order valence-electron chi connectivity index (χ3n) is 5.28. The monoisotopic (exact) mass is 375 g/mol. The van der Waals surface area contributed by atoms with Gasteiger partial charge in [0.15, 0.2) is 5.82 Å². The molecule has 28 heavy (non-hydrogen) atoms. The van der Waals surface area contributed by atoms with Crippen LogP contribution < -0.4 is 10.2 Å². The fourth-order valence-corrected chi connectivity index (χ4v) is 3.72. The van der Waals surface area contributed by atoms with Gasteiger partial charge >= 0.3 is 0 Å². The molecule has 0 saturated carbocycles. The average Bonchev–Trinajstić information content (AvgIpc) is 3.21. The molecule has 1 aliphatic rings. The molecule has 1 aliphatic heterocycles. The maximum Gasteiger partial charge on any atom is 0.224 e. The zero-order chi connectivity index (χ0) is 19.3. The summed E-state index contributed by atoms with van der Waals surface area (Å²) in [6.07, 6.45) is 6.01. The van der Waals surface area contributed by atoms with E-state index in [1.165, 1.54) is 0 Å². The number of carbonyl (C=O) groups is 1. The second-order valence-corrected chi connectivity index (χ2v) is 7.33. The number of hydrogen-bond donors (Lipinski definition) is 2. The molecule has 1 amide bonds. The summed E-state index contributed by atoms with van der Waals surface area (Å²) >= 11 is 0. The van der Waals surface area contributed by atoms with Crippen LogP contribution in [0.2, 0.25) is 0 Å². The predicted octanol–water partition coefficient (Wildman–Crippen LogP) is 3.11. The van der Waals surface area contributed by atoms with Gasteiger partial charge in [-0.05, 0) is 43.0 Å². The van der Waals surface area contributed by atoms with Crippen molar-refractivity contribution in [1.29, 1.82) is 0 Å². The second-order valence-electron chi connectivity index (χ2n) is 7.33. The smallest absolute Gasteiger partial charge is 0.224 e. The third-order valence-corrected chi connectivity index (χ3v) is 5.28. The lowest BCUT2D eigenvalue weighted by Gasteiger charge is -2.33. The van der Waals surface area contributed by atoms with Crippen LogP contribution in [0.15, 0.2) is 54.9 Å². The zero-order valence-corrected chi connectivity index (χ0v) is 16.1. The van der Waals surface area contributed by atoms with Gasteiger partial charge in [-0.2, -0.15) is 5.10 Å². The first-order valence-electron chi connectivity index (χ1n) is 9.73. The normalized spacial score (nSPS) is 16.8. The Morgan fingerprint density at radius 3 is 2.89 bits per heavy atom. The van der Waals surface area contributed by atoms with Crippen LogP contribution in [0.25, 0.3) is 11.3 Å². The van der Waals surface area contributed by atoms with Crippen molar-refractivity contribution < 1.29 is 4.79 Å². The Balaban J connectivity index is 1.37. The van der Waals surface area contributed by atoms with Crippen LogP contribution in [0.1, 0.15) is 24.0 Å². The summed E-state index contributed by atoms with van der Waals surface area (Å²) in [6, 6.07) is 14.2. The number of nitrogens with one attached hydrogen (secondary N) is 2. The SMILES string of the molecule is Cc1ccccc1CC(=O)N[C@H]1CCCN(c2cc(-c3ccncc3)[nH]n2)C1. The minimum Gasteiger partial charge on any atom is -0.353 e. The number of nitrogens with zero attached hydrogens (tertiary/aromatic N) is 3. The molecule has 144 valence electrons. The molecule has 1 fully saturated rings. The Bertz CT molecular complexity index is 937. The number of aryl methyl sites for hydroxylation is 1. The summed E-state index contributed by atoms with van der Waals surface area (Å²) in [5.41, 5.74) is 4.28. The van der Waals surface area contributed by atoms with Crippen LogP contribution >= 0.6 is 0 Å². The van der Waals surface area contributed by atoms with Gasteiger partial charge in [0.05, 0.1) is 12.1 Å². The van der Waals surface area contributed by atoms with Crippen LogP contribution in [0.3, 0.4) is 0 Å². The lowest BCUT2D eigenvalue weighted by atomic mass is 10.0. The third kappa shape index (κ3) is 4.22. The van der Waals surface area contributed by atoms with Gasteiger partial charge < -0.3 is 10.2 Å². The van der Waals surface area contributed by atoms with E-state index in [1.54, 1.807) is 12.4 Å². The standard InChI is InChI=1S/C22H25N5O/c1-16-5-2-3-6-18(16)13-22(28)24-19-7-4-12-27(15-19)21-14-20(25-26-21)17-8-10-23-11-9-17/h2-3,5-6,8-11,14,19H,4,7,12-13,15H2,1H3,(H,24,28)(H,25,26)/t19-/m0/s1. The van der Waals surface area contributed by atoms with Crippen molar-refractivity contribution >= 4 is 11.7 Å². The largest absolute Gasteiger partial charge is 0.353 e. The molecule has 0 unspecified atom stereocenters. The molecule has 3 aromatic rings. The number of carbonyl (C=O) groups excluding carboxylic acids is 1. The van der Waals surface area contributed by atoms with Gasteiger partial charge in [0.1, 0.15) is 0 Å². The number of anilines is 1. The molecule has 0 radical (unpaired) electrons. The number of aromatic amines is 1. The molecule has 3 heterocycles. The molecule has 1 saturated heterocycles. The summed E-state index contributed by atoms with van der Waals surface area (Å²) < 4.78 is 0. The number of rotatable bonds is 5. The first-order chi connectivity index (χ1) is 13.7. The van der Waals surface area contributed by atoms with Crippen molar-refractivity contribution in [3.63, 3.8) is 0 Å². The van der Waals surface area contributed by atoms with Gasteiger partial charge in [-0.3, -0.25) is 14.9 Å². The Labute approximate surface area is 165 Å². The number of hydrogen-bond acceptors (Lipinski definition) is 4. The Morgan fingerprint density at radius 2 is 2.07 bits per heavy atom. The van der Waals surface area contributed by atoms with E-state index in [1.807, 2.05) is 43.3 Å². The average molecular weight is 375 g/mol. The molecule has 4 rings (SSSR count). The maximum absolute atomic E-state index is 12.5. The van der Waals surface area contributed by atoms with E-state index >= 15 is 0 Å². The zero-order valence-electron chi connectivity index (χ0n) is 16.1. The fraction of sp³-hybridized carbons (Fsp3) is 0.318. The summed E-state index contributed by atoms with van der Waals surface area (Å²) in [7, 11) is 0. The van der Waals surface area contributed by atoms with Crippen molar-refractivity contribution in [3.8, 4) is 11.3 Å². The number of H-pyrrole nitrogens is 1. The van der Waals surface area contributed by atoms with E-state index in [4.69, 9.17) is 0 Å². The van der Waals surface area contributed by atoms with E-state index in [0.29, 0.717) is 6.42 Å². The van der Waals surface area contributed by atoms with Crippen LogP contribution in [0.4, 0.5) is 5.82 Å². The molecule has 0 aliphatic carbocycles. The molecule has 1 aromatic carbocycles. The van der Waals surface area contributed by atoms with Gasteiger partial charge in [0.25, 0.3) is 0 Å². The van der Waals surface area contributed by atoms with E-state index in [9.17, 15) is 4.79 Å². The van der Waals surface area contributed by atoms with Crippen LogP contribution in [-0.2, 0) is 11.2 Å². The highest BCUT2D eigenvalue weighted by Gasteiger charge is 2.23. The maximum atomic E-state index is 12.5. The first kappa shape index (κ1) is 18.2. The molecule has 2 aromatic heterocycles. The van der Waals surface area contributed by atoms with Crippen molar-refractivity contribution in [2.75, 3.05) is 18.0 Å². The molecule has 0 spiro atoms. The van der Waals surface area contributed by atoms with Crippen molar-refractivity contribution in [2.24, 2.45) is 0 Å². The van der Waals surface area contributed by atoms with Gasteiger partial charge in [-0.1, -0.05) is 24.3 Å². The minimum atomic E-state index is 0.0839. The topological polar surface area (TPSA) is 73.9 Å². The highest BCUT2D eigenvalue weighted by Crippen LogP contribution is 2.23. The van der Waals surface area contributed by atoms with Crippen molar-refractivity contribution in [1.82, 2.24) is 20.5 Å². The molecule has 1 atom stereocenters. The van der Waals surface area contributed by atoms with Gasteiger partial charge in [0.2, 0.25) is 5.91 Å². The van der Waals surface area contributed by atoms with E-state index in [0.717, 1.165) is 54.1 Å². The van der Waals surface area contributed by atoms with E-state index in [2.05, 4.69) is 31.5 Å². The second kappa shape index (κ2) is 8.25. The number of amides is 1.